The van der Waals surface area contributed by atoms with Gasteiger partial charge < -0.3 is 33.2 Å². The van der Waals surface area contributed by atoms with Crippen LogP contribution in [0.15, 0.2) is 18.2 Å². The lowest BCUT2D eigenvalue weighted by Crippen LogP contribution is -2.20. The topological polar surface area (TPSA) is 64.6 Å². The Kier molecular flexibility index (Phi) is 5.92. The molecule has 0 spiro atoms. The Morgan fingerprint density at radius 2 is 1.29 bits per heavy atom. The molecule has 2 aromatic carbocycles. The Bertz CT molecular complexity index is 847. The van der Waals surface area contributed by atoms with Gasteiger partial charge in [0.25, 0.3) is 0 Å². The highest BCUT2D eigenvalue weighted by Gasteiger charge is 2.30. The first kappa shape index (κ1) is 19.8. The van der Waals surface area contributed by atoms with Gasteiger partial charge in [0.15, 0.2) is 23.0 Å². The molecule has 0 aromatic heterocycles. The van der Waals surface area contributed by atoms with Crippen LogP contribution in [0.2, 0.25) is 0 Å². The molecule has 1 atom stereocenters. The molecular weight excluding hydrogens is 364 g/mol. The van der Waals surface area contributed by atoms with Crippen molar-refractivity contribution >= 4 is 0 Å². The number of methoxy groups -OCH3 is 6. The van der Waals surface area contributed by atoms with E-state index in [4.69, 9.17) is 33.2 Å². The largest absolute Gasteiger partial charge is 0.493 e. The van der Waals surface area contributed by atoms with E-state index in [-0.39, 0.29) is 5.92 Å². The van der Waals surface area contributed by atoms with Gasteiger partial charge >= 0.3 is 0 Å². The molecule has 1 heterocycles. The van der Waals surface area contributed by atoms with Crippen LogP contribution < -0.4 is 33.2 Å². The Morgan fingerprint density at radius 1 is 0.679 bits per heavy atom. The maximum atomic E-state index is 6.03. The van der Waals surface area contributed by atoms with Crippen LogP contribution in [0.1, 0.15) is 17.0 Å². The fourth-order valence-electron chi connectivity index (χ4n) is 3.57. The third kappa shape index (κ3) is 3.32. The molecule has 0 unspecified atom stereocenters. The smallest absolute Gasteiger partial charge is 0.207 e. The quantitative estimate of drug-likeness (QED) is 0.717. The normalized spacial score (nSPS) is 15.1. The highest BCUT2D eigenvalue weighted by Crippen LogP contribution is 2.50. The van der Waals surface area contributed by atoms with Gasteiger partial charge in [-0.05, 0) is 24.1 Å². The third-order valence-corrected chi connectivity index (χ3v) is 4.93. The van der Waals surface area contributed by atoms with Gasteiger partial charge in [-0.25, -0.2) is 0 Å². The fourth-order valence-corrected chi connectivity index (χ4v) is 3.57. The van der Waals surface area contributed by atoms with Gasteiger partial charge in [0.1, 0.15) is 5.75 Å². The maximum absolute atomic E-state index is 6.03. The van der Waals surface area contributed by atoms with E-state index in [0.717, 1.165) is 23.3 Å². The van der Waals surface area contributed by atoms with Crippen molar-refractivity contribution in [3.05, 3.63) is 29.3 Å². The number of benzene rings is 2. The molecule has 3 rings (SSSR count). The van der Waals surface area contributed by atoms with Crippen LogP contribution in [0.5, 0.6) is 40.2 Å². The minimum Gasteiger partial charge on any atom is -0.493 e. The van der Waals surface area contributed by atoms with Crippen molar-refractivity contribution in [1.82, 2.24) is 0 Å². The van der Waals surface area contributed by atoms with Gasteiger partial charge in [0.2, 0.25) is 11.5 Å². The number of hydrogen-bond acceptors (Lipinski definition) is 7. The lowest BCUT2D eigenvalue weighted by Gasteiger charge is -2.29. The summed E-state index contributed by atoms with van der Waals surface area (Å²) in [4.78, 5) is 0. The molecule has 0 amide bonds. The maximum Gasteiger partial charge on any atom is 0.207 e. The lowest BCUT2D eigenvalue weighted by atomic mass is 9.89. The second kappa shape index (κ2) is 8.37. The monoisotopic (exact) mass is 390 g/mol. The molecule has 0 saturated carbocycles. The number of hydrogen-bond donors (Lipinski definition) is 0. The molecule has 0 bridgehead atoms. The molecular formula is C21H26O7. The fraction of sp³-hybridized carbons (Fsp3) is 0.429. The molecule has 1 aliphatic heterocycles. The SMILES string of the molecule is COc1cc2c(cc1OC)OC[C@H](c1cc(OC)c(OC)c(OC)c1OC)C2. The average molecular weight is 390 g/mol. The zero-order chi connectivity index (χ0) is 20.3. The molecule has 28 heavy (non-hydrogen) atoms. The summed E-state index contributed by atoms with van der Waals surface area (Å²) in [6.45, 7) is 0.484. The second-order valence-corrected chi connectivity index (χ2v) is 6.29. The first-order valence-electron chi connectivity index (χ1n) is 8.86. The summed E-state index contributed by atoms with van der Waals surface area (Å²) in [6.07, 6.45) is 0.741. The molecule has 1 aliphatic rings. The first-order chi connectivity index (χ1) is 13.6. The van der Waals surface area contributed by atoms with Crippen molar-refractivity contribution in [1.29, 1.82) is 0 Å². The first-order valence-corrected chi connectivity index (χ1v) is 8.86. The van der Waals surface area contributed by atoms with Crippen LogP contribution in [-0.2, 0) is 6.42 Å². The highest BCUT2D eigenvalue weighted by molar-refractivity contribution is 5.64. The summed E-state index contributed by atoms with van der Waals surface area (Å²) in [5, 5.41) is 0. The van der Waals surface area contributed by atoms with E-state index < -0.39 is 0 Å². The van der Waals surface area contributed by atoms with Crippen LogP contribution in [0.3, 0.4) is 0 Å². The van der Waals surface area contributed by atoms with Crippen molar-refractivity contribution in [2.24, 2.45) is 0 Å². The molecule has 0 saturated heterocycles. The van der Waals surface area contributed by atoms with Crippen molar-refractivity contribution < 1.29 is 33.2 Å². The molecule has 0 radical (unpaired) electrons. The molecule has 152 valence electrons. The zero-order valence-corrected chi connectivity index (χ0v) is 17.1. The van der Waals surface area contributed by atoms with Crippen molar-refractivity contribution in [2.45, 2.75) is 12.3 Å². The van der Waals surface area contributed by atoms with Crippen LogP contribution in [0.4, 0.5) is 0 Å². The predicted molar refractivity (Wildman–Crippen MR) is 104 cm³/mol. The van der Waals surface area contributed by atoms with Crippen LogP contribution >= 0.6 is 0 Å². The molecule has 0 N–H and O–H groups in total. The molecule has 0 fully saturated rings. The van der Waals surface area contributed by atoms with E-state index in [9.17, 15) is 0 Å². The van der Waals surface area contributed by atoms with E-state index in [2.05, 4.69) is 0 Å². The van der Waals surface area contributed by atoms with Gasteiger partial charge in [-0.1, -0.05) is 0 Å². The summed E-state index contributed by atoms with van der Waals surface area (Å²) < 4.78 is 39.0. The summed E-state index contributed by atoms with van der Waals surface area (Å²) in [5.74, 6) is 4.32. The van der Waals surface area contributed by atoms with Crippen molar-refractivity contribution in [3.63, 3.8) is 0 Å². The van der Waals surface area contributed by atoms with Gasteiger partial charge in [0.05, 0.1) is 49.3 Å². The third-order valence-electron chi connectivity index (χ3n) is 4.93. The second-order valence-electron chi connectivity index (χ2n) is 6.29. The van der Waals surface area contributed by atoms with Crippen molar-refractivity contribution in [3.8, 4) is 40.2 Å². The minimum absolute atomic E-state index is 0.0363. The number of rotatable bonds is 7. The summed E-state index contributed by atoms with van der Waals surface area (Å²) in [5.41, 5.74) is 1.96. The standard InChI is InChI=1S/C21H26O7/c1-22-16-8-12-7-13(11-28-15(12)10-17(16)23-2)14-9-18(24-3)20(26-5)21(27-6)19(14)25-4/h8-10,13H,7,11H2,1-6H3/t13-/m1/s1. The van der Waals surface area contributed by atoms with E-state index in [1.165, 1.54) is 0 Å². The Hall–Kier alpha value is -2.96. The van der Waals surface area contributed by atoms with Crippen LogP contribution in [-0.4, -0.2) is 49.3 Å². The van der Waals surface area contributed by atoms with E-state index in [1.54, 1.807) is 42.7 Å². The molecule has 2 aromatic rings. The Morgan fingerprint density at radius 3 is 1.86 bits per heavy atom. The van der Waals surface area contributed by atoms with Gasteiger partial charge in [-0.3, -0.25) is 0 Å². The molecule has 7 nitrogen and oxygen atoms in total. The summed E-state index contributed by atoms with van der Waals surface area (Å²) >= 11 is 0. The molecule has 0 aliphatic carbocycles. The van der Waals surface area contributed by atoms with Gasteiger partial charge in [-0.15, -0.1) is 0 Å². The predicted octanol–water partition coefficient (Wildman–Crippen LogP) is 3.46. The van der Waals surface area contributed by atoms with Crippen LogP contribution in [0, 0.1) is 0 Å². The van der Waals surface area contributed by atoms with E-state index in [0.29, 0.717) is 41.1 Å². The lowest BCUT2D eigenvalue weighted by molar-refractivity contribution is 0.252. The molecule has 7 heteroatoms. The Labute approximate surface area is 165 Å². The zero-order valence-electron chi connectivity index (χ0n) is 17.1. The van der Waals surface area contributed by atoms with Gasteiger partial charge in [-0.2, -0.15) is 0 Å². The number of fused-ring (bicyclic) bond motifs is 1. The highest BCUT2D eigenvalue weighted by atomic mass is 16.5. The average Bonchev–Trinajstić information content (AvgIpc) is 2.75. The summed E-state index contributed by atoms with van der Waals surface area (Å²) in [6, 6.07) is 5.72. The minimum atomic E-state index is 0.0363. The number of ether oxygens (including phenoxy) is 7. The van der Waals surface area contributed by atoms with E-state index >= 15 is 0 Å². The van der Waals surface area contributed by atoms with Crippen LogP contribution in [0.25, 0.3) is 0 Å². The summed E-state index contributed by atoms with van der Waals surface area (Å²) in [7, 11) is 9.58. The van der Waals surface area contributed by atoms with Gasteiger partial charge in [0, 0.05) is 17.5 Å². The van der Waals surface area contributed by atoms with E-state index in [1.807, 2.05) is 18.2 Å². The Balaban J connectivity index is 2.06. The van der Waals surface area contributed by atoms with Crippen molar-refractivity contribution in [2.75, 3.05) is 49.3 Å².